The molecule has 2 rings (SSSR count). The molecule has 0 radical (unpaired) electrons. The Morgan fingerprint density at radius 1 is 1.50 bits per heavy atom. The first-order chi connectivity index (χ1) is 4.56. The van der Waals surface area contributed by atoms with E-state index in [1.54, 1.807) is 0 Å². The van der Waals surface area contributed by atoms with E-state index < -0.39 is 11.3 Å². The zero-order valence-electron chi connectivity index (χ0n) is 5.95. The fourth-order valence-electron chi connectivity index (χ4n) is 1.89. The predicted octanol–water partition coefficient (Wildman–Crippen LogP) is 1.39. The molecule has 0 aromatic carbocycles. The molecule has 58 valence electrons. The Kier molecular flexibility index (Phi) is 0.994. The van der Waals surface area contributed by atoms with Crippen LogP contribution in [0, 0.1) is 5.41 Å². The molecule has 3 heteroatoms. The fourth-order valence-corrected chi connectivity index (χ4v) is 1.89. The molecule has 0 aromatic rings. The Morgan fingerprint density at radius 2 is 2.10 bits per heavy atom. The van der Waals surface area contributed by atoms with Crippen LogP contribution in [0.3, 0.4) is 0 Å². The number of rotatable bonds is 0. The van der Waals surface area contributed by atoms with E-state index in [2.05, 4.69) is 5.32 Å². The van der Waals surface area contributed by atoms with E-state index in [0.29, 0.717) is 13.0 Å². The highest BCUT2D eigenvalue weighted by Gasteiger charge is 2.72. The molecule has 2 aliphatic rings. The molecule has 0 bridgehead atoms. The predicted molar refractivity (Wildman–Crippen MR) is 34.1 cm³/mol. The van der Waals surface area contributed by atoms with Gasteiger partial charge in [0, 0.05) is 19.0 Å². The van der Waals surface area contributed by atoms with Crippen molar-refractivity contribution in [2.24, 2.45) is 5.41 Å². The number of hydrogen-bond acceptors (Lipinski definition) is 1. The van der Waals surface area contributed by atoms with E-state index in [1.165, 1.54) is 0 Å². The molecule has 10 heavy (non-hydrogen) atoms. The Balaban J connectivity index is 2.09. The quantitative estimate of drug-likeness (QED) is 0.546. The van der Waals surface area contributed by atoms with Crippen molar-refractivity contribution in [1.82, 2.24) is 5.32 Å². The lowest BCUT2D eigenvalue weighted by atomic mass is 10.0. The van der Waals surface area contributed by atoms with Gasteiger partial charge in [-0.2, -0.15) is 0 Å². The second-order valence-electron chi connectivity index (χ2n) is 3.65. The monoisotopic (exact) mass is 147 g/mol. The van der Waals surface area contributed by atoms with Gasteiger partial charge in [0.05, 0.1) is 5.41 Å². The largest absolute Gasteiger partial charge is 0.313 e. The summed E-state index contributed by atoms with van der Waals surface area (Å²) in [6.45, 7) is 2.48. The average Bonchev–Trinajstić information content (AvgIpc) is 2.20. The molecule has 2 unspecified atom stereocenters. The molecule has 1 aliphatic heterocycles. The van der Waals surface area contributed by atoms with Crippen molar-refractivity contribution in [3.8, 4) is 0 Å². The summed E-state index contributed by atoms with van der Waals surface area (Å²) >= 11 is 0. The second-order valence-corrected chi connectivity index (χ2v) is 3.65. The zero-order valence-corrected chi connectivity index (χ0v) is 5.95. The summed E-state index contributed by atoms with van der Waals surface area (Å²) in [6.07, 6.45) is 0.761. The van der Waals surface area contributed by atoms with Gasteiger partial charge in [-0.15, -0.1) is 0 Å². The lowest BCUT2D eigenvalue weighted by Gasteiger charge is -2.03. The molecule has 0 amide bonds. The average molecular weight is 147 g/mol. The summed E-state index contributed by atoms with van der Waals surface area (Å²) in [7, 11) is 0. The van der Waals surface area contributed by atoms with Crippen LogP contribution in [-0.4, -0.2) is 18.5 Å². The SMILES string of the molecule is CC1CC2(CN1)CC2(F)F. The first-order valence-electron chi connectivity index (χ1n) is 3.67. The highest BCUT2D eigenvalue weighted by Crippen LogP contribution is 2.64. The summed E-state index contributed by atoms with van der Waals surface area (Å²) in [6, 6.07) is 0.286. The van der Waals surface area contributed by atoms with Crippen LogP contribution in [0.25, 0.3) is 0 Å². The van der Waals surface area contributed by atoms with Crippen molar-refractivity contribution in [3.63, 3.8) is 0 Å². The van der Waals surface area contributed by atoms with E-state index in [1.807, 2.05) is 6.92 Å². The van der Waals surface area contributed by atoms with Crippen LogP contribution in [0.1, 0.15) is 19.8 Å². The second kappa shape index (κ2) is 1.52. The standard InChI is InChI=1S/C7H11F2N/c1-5-2-6(4-10-5)3-7(6,8)9/h5,10H,2-4H2,1H3. The van der Waals surface area contributed by atoms with Gasteiger partial charge in [-0.3, -0.25) is 0 Å². The molecule has 1 N–H and O–H groups in total. The summed E-state index contributed by atoms with van der Waals surface area (Å²) in [4.78, 5) is 0. The Labute approximate surface area is 58.8 Å². The van der Waals surface area contributed by atoms with Gasteiger partial charge in [-0.25, -0.2) is 8.78 Å². The Morgan fingerprint density at radius 3 is 2.30 bits per heavy atom. The molecule has 2 atom stereocenters. The van der Waals surface area contributed by atoms with Crippen LogP contribution in [0.4, 0.5) is 8.78 Å². The third-order valence-corrected chi connectivity index (χ3v) is 2.70. The minimum Gasteiger partial charge on any atom is -0.313 e. The molecular weight excluding hydrogens is 136 g/mol. The van der Waals surface area contributed by atoms with Crippen LogP contribution >= 0.6 is 0 Å². The van der Waals surface area contributed by atoms with Crippen LogP contribution in [0.2, 0.25) is 0 Å². The number of nitrogens with one attached hydrogen (secondary N) is 1. The van der Waals surface area contributed by atoms with E-state index in [9.17, 15) is 8.78 Å². The topological polar surface area (TPSA) is 12.0 Å². The van der Waals surface area contributed by atoms with Crippen molar-refractivity contribution in [3.05, 3.63) is 0 Å². The van der Waals surface area contributed by atoms with Gasteiger partial charge in [-0.05, 0) is 13.3 Å². The smallest absolute Gasteiger partial charge is 0.255 e. The van der Waals surface area contributed by atoms with E-state index in [0.717, 1.165) is 0 Å². The van der Waals surface area contributed by atoms with E-state index >= 15 is 0 Å². The van der Waals surface area contributed by atoms with Crippen molar-refractivity contribution in [2.75, 3.05) is 6.54 Å². The number of hydrogen-bond donors (Lipinski definition) is 1. The first kappa shape index (κ1) is 6.53. The summed E-state index contributed by atoms with van der Waals surface area (Å²) in [5.41, 5.74) is -0.633. The van der Waals surface area contributed by atoms with Gasteiger partial charge in [-0.1, -0.05) is 0 Å². The lowest BCUT2D eigenvalue weighted by molar-refractivity contribution is 0.0698. The Hall–Kier alpha value is -0.180. The van der Waals surface area contributed by atoms with Gasteiger partial charge in [0.25, 0.3) is 5.92 Å². The summed E-state index contributed by atoms with van der Waals surface area (Å²) < 4.78 is 25.3. The fraction of sp³-hybridized carbons (Fsp3) is 1.00. The molecule has 1 nitrogen and oxygen atoms in total. The normalized spacial score (nSPS) is 50.1. The van der Waals surface area contributed by atoms with Gasteiger partial charge in [0.2, 0.25) is 0 Å². The first-order valence-corrected chi connectivity index (χ1v) is 3.67. The molecular formula is C7H11F2N. The molecule has 1 spiro atoms. The molecule has 1 aliphatic carbocycles. The third-order valence-electron chi connectivity index (χ3n) is 2.70. The minimum atomic E-state index is -2.36. The van der Waals surface area contributed by atoms with Gasteiger partial charge < -0.3 is 5.32 Å². The summed E-state index contributed by atoms with van der Waals surface area (Å²) in [5.74, 6) is -2.36. The van der Waals surface area contributed by atoms with Crippen molar-refractivity contribution >= 4 is 0 Å². The molecule has 1 saturated heterocycles. The summed E-state index contributed by atoms with van der Waals surface area (Å²) in [5, 5.41) is 3.05. The molecule has 1 saturated carbocycles. The molecule has 2 fully saturated rings. The van der Waals surface area contributed by atoms with Gasteiger partial charge in [0.1, 0.15) is 0 Å². The Bertz CT molecular complexity index is 169. The van der Waals surface area contributed by atoms with Gasteiger partial charge in [0.15, 0.2) is 0 Å². The van der Waals surface area contributed by atoms with Crippen LogP contribution in [-0.2, 0) is 0 Å². The molecule has 1 heterocycles. The van der Waals surface area contributed by atoms with Crippen molar-refractivity contribution in [1.29, 1.82) is 0 Å². The van der Waals surface area contributed by atoms with E-state index in [4.69, 9.17) is 0 Å². The van der Waals surface area contributed by atoms with Crippen LogP contribution in [0.5, 0.6) is 0 Å². The maximum absolute atomic E-state index is 12.6. The van der Waals surface area contributed by atoms with Crippen LogP contribution < -0.4 is 5.32 Å². The van der Waals surface area contributed by atoms with E-state index in [-0.39, 0.29) is 12.5 Å². The van der Waals surface area contributed by atoms with Crippen molar-refractivity contribution < 1.29 is 8.78 Å². The van der Waals surface area contributed by atoms with Crippen LogP contribution in [0.15, 0.2) is 0 Å². The van der Waals surface area contributed by atoms with Crippen molar-refractivity contribution in [2.45, 2.75) is 31.7 Å². The maximum atomic E-state index is 12.6. The maximum Gasteiger partial charge on any atom is 0.255 e. The lowest BCUT2D eigenvalue weighted by Crippen LogP contribution is -2.18. The zero-order chi connectivity index (χ0) is 7.41. The van der Waals surface area contributed by atoms with Gasteiger partial charge >= 0.3 is 0 Å². The molecule has 0 aromatic heterocycles. The minimum absolute atomic E-state index is 0.108. The highest BCUT2D eigenvalue weighted by atomic mass is 19.3. The third kappa shape index (κ3) is 0.641. The number of alkyl halides is 2. The highest BCUT2D eigenvalue weighted by molar-refractivity contribution is 5.15. The number of halogens is 2.